The van der Waals surface area contributed by atoms with Crippen LogP contribution in [0, 0.1) is 0 Å². The molecule has 0 fully saturated rings. The highest BCUT2D eigenvalue weighted by molar-refractivity contribution is 7.26. The van der Waals surface area contributed by atoms with Crippen molar-refractivity contribution in [2.24, 2.45) is 0 Å². The van der Waals surface area contributed by atoms with Crippen LogP contribution >= 0.6 is 11.3 Å². The highest BCUT2D eigenvalue weighted by atomic mass is 32.1. The standard InChI is InChI=1S/C81H64N2OS/c1-79(2,3)55-37-45-59(46-38-55)82(57-41-33-53(34-42-57)51-21-9-7-10-22-51)69-49-67-75(77-73(69)63-27-15-19-31-71(63)84-77)76-68(81(67)65-29-17-13-25-61(65)62-26-14-18-30-66(62)81)50-70(74-64-28-16-20-32-72(64)85-78(74)76)83(60-47-39-56(40-48-60)80(4,5)6)58-43-35-54(36-44-58)52-23-11-8-12-24-52/h7-33,35-50,53H,34H2,1-6H3. The summed E-state index contributed by atoms with van der Waals surface area (Å²) in [7, 11) is 0. The normalized spacial score (nSPS) is 14.9. The van der Waals surface area contributed by atoms with E-state index < -0.39 is 5.41 Å². The van der Waals surface area contributed by atoms with Gasteiger partial charge >= 0.3 is 0 Å². The van der Waals surface area contributed by atoms with E-state index in [9.17, 15) is 0 Å². The van der Waals surface area contributed by atoms with Crippen LogP contribution in [0.3, 0.4) is 0 Å². The van der Waals surface area contributed by atoms with Gasteiger partial charge in [0.15, 0.2) is 0 Å². The molecule has 11 aromatic carbocycles. The van der Waals surface area contributed by atoms with Crippen LogP contribution in [0.5, 0.6) is 0 Å². The molecular formula is C81H64N2OS. The van der Waals surface area contributed by atoms with Crippen molar-refractivity contribution in [3.05, 3.63) is 306 Å². The van der Waals surface area contributed by atoms with Crippen LogP contribution in [0.4, 0.5) is 28.4 Å². The molecule has 2 aromatic heterocycles. The second kappa shape index (κ2) is 19.3. The summed E-state index contributed by atoms with van der Waals surface area (Å²) < 4.78 is 10.1. The minimum atomic E-state index is -0.769. The summed E-state index contributed by atoms with van der Waals surface area (Å²) >= 11 is 1.91. The molecule has 0 bridgehead atoms. The molecule has 4 heteroatoms. The molecule has 0 aliphatic heterocycles. The molecule has 0 amide bonds. The van der Waals surface area contributed by atoms with E-state index in [1.807, 2.05) is 11.3 Å². The summed E-state index contributed by atoms with van der Waals surface area (Å²) in [6, 6.07) is 91.0. The lowest BCUT2D eigenvalue weighted by molar-refractivity contribution is 0.590. The summed E-state index contributed by atoms with van der Waals surface area (Å²) in [5, 5.41) is 4.67. The van der Waals surface area contributed by atoms with Gasteiger partial charge in [0.2, 0.25) is 0 Å². The van der Waals surface area contributed by atoms with Gasteiger partial charge in [-0.15, -0.1) is 11.3 Å². The zero-order valence-electron chi connectivity index (χ0n) is 48.8. The molecule has 1 unspecified atom stereocenters. The van der Waals surface area contributed by atoms with E-state index in [0.717, 1.165) is 68.1 Å². The maximum absolute atomic E-state index is 7.64. The van der Waals surface area contributed by atoms with Gasteiger partial charge in [0.1, 0.15) is 11.2 Å². The molecule has 16 rings (SSSR count). The van der Waals surface area contributed by atoms with E-state index >= 15 is 0 Å². The summed E-state index contributed by atoms with van der Waals surface area (Å²) in [6.07, 6.45) is 8.12. The Kier molecular flexibility index (Phi) is 11.6. The number of thiophene rings is 1. The first-order valence-electron chi connectivity index (χ1n) is 30.0. The van der Waals surface area contributed by atoms with Gasteiger partial charge in [0, 0.05) is 65.4 Å². The average Bonchev–Trinajstić information content (AvgIpc) is 1.50. The first-order valence-corrected chi connectivity index (χ1v) is 30.8. The lowest BCUT2D eigenvalue weighted by Gasteiger charge is -2.34. The predicted octanol–water partition coefficient (Wildman–Crippen LogP) is 22.8. The predicted molar refractivity (Wildman–Crippen MR) is 360 cm³/mol. The topological polar surface area (TPSA) is 19.6 Å². The fourth-order valence-corrected chi connectivity index (χ4v) is 15.7. The quantitative estimate of drug-likeness (QED) is 0.151. The number of fused-ring (bicyclic) bond motifs is 18. The molecule has 13 aromatic rings. The second-order valence-corrected chi connectivity index (χ2v) is 26.6. The van der Waals surface area contributed by atoms with Crippen molar-refractivity contribution in [3.63, 3.8) is 0 Å². The van der Waals surface area contributed by atoms with Crippen LogP contribution in [0.25, 0.3) is 75.5 Å². The third-order valence-corrected chi connectivity index (χ3v) is 19.7. The Morgan fingerprint density at radius 2 is 0.965 bits per heavy atom. The summed E-state index contributed by atoms with van der Waals surface area (Å²) in [4.78, 5) is 5.09. The van der Waals surface area contributed by atoms with Crippen molar-refractivity contribution >= 4 is 81.9 Å². The fraction of sp³-hybridized carbons (Fsp3) is 0.136. The summed E-state index contributed by atoms with van der Waals surface area (Å²) in [5.41, 5.74) is 23.9. The van der Waals surface area contributed by atoms with Gasteiger partial charge in [0.25, 0.3) is 0 Å². The summed E-state index contributed by atoms with van der Waals surface area (Å²) in [6.45, 7) is 13.8. The van der Waals surface area contributed by atoms with Crippen molar-refractivity contribution in [2.45, 2.75) is 70.1 Å². The third-order valence-electron chi connectivity index (χ3n) is 18.5. The van der Waals surface area contributed by atoms with E-state index in [2.05, 4.69) is 312 Å². The molecule has 1 atom stereocenters. The Bertz CT molecular complexity index is 4810. The highest BCUT2D eigenvalue weighted by Crippen LogP contribution is 2.68. The highest BCUT2D eigenvalue weighted by Gasteiger charge is 2.54. The molecule has 3 nitrogen and oxygen atoms in total. The van der Waals surface area contributed by atoms with Crippen molar-refractivity contribution in [1.29, 1.82) is 0 Å². The van der Waals surface area contributed by atoms with Gasteiger partial charge in [-0.3, -0.25) is 0 Å². The van der Waals surface area contributed by atoms with Gasteiger partial charge in [-0.2, -0.15) is 0 Å². The molecular weight excluding hydrogens is 1050 g/mol. The number of rotatable bonds is 8. The molecule has 410 valence electrons. The Morgan fingerprint density at radius 1 is 0.459 bits per heavy atom. The van der Waals surface area contributed by atoms with Crippen molar-refractivity contribution in [2.75, 3.05) is 9.80 Å². The number of furan rings is 1. The van der Waals surface area contributed by atoms with Crippen LogP contribution < -0.4 is 9.80 Å². The van der Waals surface area contributed by atoms with E-state index in [1.165, 1.54) is 86.9 Å². The Balaban J connectivity index is 1.04. The molecule has 85 heavy (non-hydrogen) atoms. The molecule has 3 aliphatic carbocycles. The first-order chi connectivity index (χ1) is 41.4. The zero-order valence-corrected chi connectivity index (χ0v) is 49.6. The van der Waals surface area contributed by atoms with Crippen LogP contribution in [-0.4, -0.2) is 0 Å². The molecule has 3 aliphatic rings. The minimum absolute atomic E-state index is 0.0206. The second-order valence-electron chi connectivity index (χ2n) is 25.5. The number of nitrogens with zero attached hydrogens (tertiary/aromatic N) is 2. The Hall–Kier alpha value is -9.48. The number of allylic oxidation sites excluding steroid dienone is 3. The molecule has 0 N–H and O–H groups in total. The minimum Gasteiger partial charge on any atom is -0.455 e. The SMILES string of the molecule is CC(C)(C)c1ccc(N(C2=CCC(c3ccccc3)C=C2)c2cc3c(c4oc5ccccc5c24)-c2c(cc(N(c4ccc(-c5ccccc5)cc4)c4ccc(C(C)(C)C)cc4)c4c2sc2ccccc24)C32c3ccccc3-c3ccccc32)cc1. The van der Waals surface area contributed by atoms with Gasteiger partial charge in [-0.1, -0.05) is 236 Å². The van der Waals surface area contributed by atoms with Crippen LogP contribution in [-0.2, 0) is 16.2 Å². The maximum Gasteiger partial charge on any atom is 0.145 e. The van der Waals surface area contributed by atoms with E-state index in [4.69, 9.17) is 4.42 Å². The van der Waals surface area contributed by atoms with Gasteiger partial charge in [-0.25, -0.2) is 0 Å². The van der Waals surface area contributed by atoms with Crippen LogP contribution in [0.1, 0.15) is 92.8 Å². The zero-order chi connectivity index (χ0) is 57.3. The number of para-hydroxylation sites is 1. The summed E-state index contributed by atoms with van der Waals surface area (Å²) in [5.74, 6) is 0.268. The molecule has 0 saturated heterocycles. The average molecular weight is 1110 g/mol. The van der Waals surface area contributed by atoms with E-state index in [0.29, 0.717) is 0 Å². The largest absolute Gasteiger partial charge is 0.455 e. The monoisotopic (exact) mass is 1110 g/mol. The Morgan fingerprint density at radius 3 is 1.58 bits per heavy atom. The number of hydrogen-bond acceptors (Lipinski definition) is 4. The van der Waals surface area contributed by atoms with Crippen molar-refractivity contribution in [1.82, 2.24) is 0 Å². The lowest BCUT2D eigenvalue weighted by atomic mass is 9.70. The number of anilines is 5. The van der Waals surface area contributed by atoms with Gasteiger partial charge < -0.3 is 14.2 Å². The third kappa shape index (κ3) is 7.91. The first kappa shape index (κ1) is 51.2. The van der Waals surface area contributed by atoms with Gasteiger partial charge in [0.05, 0.1) is 22.2 Å². The van der Waals surface area contributed by atoms with E-state index in [1.54, 1.807) is 0 Å². The van der Waals surface area contributed by atoms with Crippen molar-refractivity contribution in [3.8, 4) is 33.4 Å². The number of benzene rings is 11. The van der Waals surface area contributed by atoms with Crippen LogP contribution in [0.2, 0.25) is 0 Å². The molecule has 1 spiro atoms. The van der Waals surface area contributed by atoms with Crippen LogP contribution in [0.15, 0.2) is 271 Å². The number of hydrogen-bond donors (Lipinski definition) is 0. The fourth-order valence-electron chi connectivity index (χ4n) is 14.4. The molecule has 0 radical (unpaired) electrons. The Labute approximate surface area is 502 Å². The van der Waals surface area contributed by atoms with Gasteiger partial charge in [-0.05, 0) is 145 Å². The molecule has 2 heterocycles. The van der Waals surface area contributed by atoms with Crippen molar-refractivity contribution < 1.29 is 4.42 Å². The smallest absolute Gasteiger partial charge is 0.145 e. The lowest BCUT2D eigenvalue weighted by Crippen LogP contribution is -2.27. The molecule has 0 saturated carbocycles. The van der Waals surface area contributed by atoms with E-state index in [-0.39, 0.29) is 16.7 Å². The maximum atomic E-state index is 7.64.